The fourth-order valence-corrected chi connectivity index (χ4v) is 6.07. The minimum Gasteiger partial charge on any atom is -0.380 e. The highest BCUT2D eigenvalue weighted by Crippen LogP contribution is 2.38. The van der Waals surface area contributed by atoms with E-state index in [0.717, 1.165) is 23.9 Å². The number of hydrogen-bond acceptors (Lipinski definition) is 6. The molecular weight excluding hydrogens is 488 g/mol. The molecule has 2 aliphatic rings. The van der Waals surface area contributed by atoms with Crippen LogP contribution in [-0.4, -0.2) is 52.1 Å². The molecule has 1 saturated carbocycles. The van der Waals surface area contributed by atoms with Crippen LogP contribution in [0.1, 0.15) is 54.1 Å². The Bertz CT molecular complexity index is 1440. The number of nitrogens with zero attached hydrogens (tertiary/aromatic N) is 4. The molecule has 3 aromatic heterocycles. The van der Waals surface area contributed by atoms with Crippen molar-refractivity contribution in [1.29, 1.82) is 0 Å². The zero-order valence-electron chi connectivity index (χ0n) is 21.5. The van der Waals surface area contributed by atoms with Crippen LogP contribution in [0.2, 0.25) is 0 Å². The molecular formula is C29H31F2N5O2. The van der Waals surface area contributed by atoms with Crippen LogP contribution < -0.4 is 5.73 Å². The van der Waals surface area contributed by atoms with Crippen LogP contribution in [0.15, 0.2) is 48.9 Å². The van der Waals surface area contributed by atoms with Crippen LogP contribution in [0.5, 0.6) is 0 Å². The van der Waals surface area contributed by atoms with E-state index in [1.807, 2.05) is 12.4 Å². The van der Waals surface area contributed by atoms with Crippen LogP contribution in [0, 0.1) is 17.6 Å². The second-order valence-electron chi connectivity index (χ2n) is 10.6. The predicted octanol–water partition coefficient (Wildman–Crippen LogP) is 4.63. The van der Waals surface area contributed by atoms with Crippen molar-refractivity contribution >= 4 is 5.52 Å². The van der Waals surface area contributed by atoms with Gasteiger partial charge in [-0.2, -0.15) is 5.10 Å². The van der Waals surface area contributed by atoms with Gasteiger partial charge in [-0.25, -0.2) is 18.3 Å². The number of methoxy groups -OCH3 is 1. The van der Waals surface area contributed by atoms with Gasteiger partial charge in [-0.05, 0) is 71.7 Å². The molecule has 6 rings (SSSR count). The lowest BCUT2D eigenvalue weighted by atomic mass is 9.74. The van der Waals surface area contributed by atoms with Gasteiger partial charge in [0.1, 0.15) is 17.5 Å². The van der Waals surface area contributed by atoms with Gasteiger partial charge >= 0.3 is 0 Å². The van der Waals surface area contributed by atoms with Gasteiger partial charge in [0.15, 0.2) is 0 Å². The number of nitrogens with two attached hydrogens (primary N) is 1. The van der Waals surface area contributed by atoms with E-state index in [4.69, 9.17) is 15.2 Å². The zero-order valence-corrected chi connectivity index (χ0v) is 21.5. The van der Waals surface area contributed by atoms with Crippen molar-refractivity contribution < 1.29 is 18.3 Å². The van der Waals surface area contributed by atoms with E-state index < -0.39 is 11.6 Å². The predicted molar refractivity (Wildman–Crippen MR) is 139 cm³/mol. The summed E-state index contributed by atoms with van der Waals surface area (Å²) >= 11 is 0. The van der Waals surface area contributed by atoms with Crippen molar-refractivity contribution in [2.75, 3.05) is 20.3 Å². The van der Waals surface area contributed by atoms with Crippen molar-refractivity contribution in [3.8, 4) is 11.3 Å². The number of imidazole rings is 1. The maximum atomic E-state index is 15.1. The highest BCUT2D eigenvalue weighted by Gasteiger charge is 2.35. The summed E-state index contributed by atoms with van der Waals surface area (Å²) in [5.41, 5.74) is 10.1. The van der Waals surface area contributed by atoms with Gasteiger partial charge in [-0.3, -0.25) is 4.98 Å². The summed E-state index contributed by atoms with van der Waals surface area (Å²) in [5.74, 6) is 0.0444. The third-order valence-corrected chi connectivity index (χ3v) is 8.08. The molecule has 0 unspecified atom stereocenters. The normalized spacial score (nSPS) is 24.0. The molecule has 0 amide bonds. The molecule has 198 valence electrons. The number of rotatable bonds is 6. The van der Waals surface area contributed by atoms with Crippen molar-refractivity contribution in [2.45, 2.75) is 50.2 Å². The molecule has 1 aliphatic heterocycles. The number of halogens is 2. The third kappa shape index (κ3) is 4.48. The number of benzene rings is 1. The minimum absolute atomic E-state index is 0.0273. The largest absolute Gasteiger partial charge is 0.380 e. The molecule has 38 heavy (non-hydrogen) atoms. The first kappa shape index (κ1) is 25.0. The van der Waals surface area contributed by atoms with E-state index in [9.17, 15) is 0 Å². The molecule has 0 spiro atoms. The van der Waals surface area contributed by atoms with Crippen molar-refractivity contribution in [3.63, 3.8) is 0 Å². The number of aromatic nitrogens is 4. The quantitative estimate of drug-likeness (QED) is 0.400. The summed E-state index contributed by atoms with van der Waals surface area (Å²) in [4.78, 5) is 8.97. The zero-order chi connectivity index (χ0) is 26.4. The number of fused-ring (bicyclic) bond motifs is 1. The molecule has 4 heterocycles. The second kappa shape index (κ2) is 10.1. The van der Waals surface area contributed by atoms with Gasteiger partial charge in [0.25, 0.3) is 0 Å². The fraction of sp³-hybridized carbons (Fsp3) is 0.414. The number of hydrogen-bond donors (Lipinski definition) is 1. The van der Waals surface area contributed by atoms with Crippen molar-refractivity contribution in [2.24, 2.45) is 11.7 Å². The lowest BCUT2D eigenvalue weighted by Crippen LogP contribution is -2.45. The third-order valence-electron chi connectivity index (χ3n) is 8.08. The fourth-order valence-electron chi connectivity index (χ4n) is 6.07. The van der Waals surface area contributed by atoms with E-state index in [2.05, 4.69) is 28.1 Å². The molecule has 1 aromatic carbocycles. The van der Waals surface area contributed by atoms with E-state index in [-0.39, 0.29) is 35.2 Å². The van der Waals surface area contributed by atoms with E-state index in [0.29, 0.717) is 36.9 Å². The molecule has 1 aliphatic carbocycles. The Morgan fingerprint density at radius 2 is 1.87 bits per heavy atom. The molecule has 0 radical (unpaired) electrons. The Morgan fingerprint density at radius 3 is 2.55 bits per heavy atom. The standard InChI is InChI=1S/C29H31F2N5O2/c1-16-7-18(10-25(32)29(16)37-2)22-5-6-33-12-19(22)11-27-34-13-21-3-4-26(35-36(21)27)28-23(30)8-17(9-24(28)31)20-14-38-15-20/h3-6,8-9,12-13,16,18,20,25,29H,7,10-11,14-15,32H2,1-2H3/t16-,18+,25+,29+/m0/s1. The van der Waals surface area contributed by atoms with Gasteiger partial charge in [-0.1, -0.05) is 6.92 Å². The van der Waals surface area contributed by atoms with Gasteiger partial charge in [0.05, 0.1) is 42.3 Å². The lowest BCUT2D eigenvalue weighted by Gasteiger charge is -2.38. The molecule has 1 saturated heterocycles. The molecule has 4 aromatic rings. The van der Waals surface area contributed by atoms with Crippen molar-refractivity contribution in [3.05, 3.63) is 83.1 Å². The summed E-state index contributed by atoms with van der Waals surface area (Å²) < 4.78 is 42.7. The molecule has 7 nitrogen and oxygen atoms in total. The summed E-state index contributed by atoms with van der Waals surface area (Å²) in [6.45, 7) is 3.14. The van der Waals surface area contributed by atoms with E-state index in [1.165, 1.54) is 17.7 Å². The Kier molecular flexibility index (Phi) is 6.67. The Labute approximate surface area is 220 Å². The maximum absolute atomic E-state index is 15.1. The van der Waals surface area contributed by atoms with Gasteiger partial charge in [0.2, 0.25) is 0 Å². The lowest BCUT2D eigenvalue weighted by molar-refractivity contribution is 0.00822. The van der Waals surface area contributed by atoms with Crippen LogP contribution >= 0.6 is 0 Å². The SMILES string of the molecule is CO[C@H]1[C@H](N)C[C@H](c2ccncc2Cc2ncc3ccc(-c4c(F)cc(C5COC5)cc4F)nn23)C[C@@H]1C. The molecule has 4 atom stereocenters. The summed E-state index contributed by atoms with van der Waals surface area (Å²) in [7, 11) is 1.72. The van der Waals surface area contributed by atoms with Crippen LogP contribution in [-0.2, 0) is 15.9 Å². The van der Waals surface area contributed by atoms with Gasteiger partial charge in [-0.15, -0.1) is 0 Å². The number of ether oxygens (including phenoxy) is 2. The second-order valence-corrected chi connectivity index (χ2v) is 10.6. The minimum atomic E-state index is -0.632. The molecule has 0 bridgehead atoms. The first-order valence-electron chi connectivity index (χ1n) is 13.0. The smallest absolute Gasteiger partial charge is 0.135 e. The van der Waals surface area contributed by atoms with Gasteiger partial charge in [0, 0.05) is 37.9 Å². The van der Waals surface area contributed by atoms with Crippen molar-refractivity contribution in [1.82, 2.24) is 19.6 Å². The van der Waals surface area contributed by atoms with Crippen LogP contribution in [0.3, 0.4) is 0 Å². The topological polar surface area (TPSA) is 87.6 Å². The number of pyridine rings is 1. The average molecular weight is 520 g/mol. The average Bonchev–Trinajstić information content (AvgIpc) is 3.25. The summed E-state index contributed by atoms with van der Waals surface area (Å²) in [5, 5.41) is 4.61. The molecule has 9 heteroatoms. The summed E-state index contributed by atoms with van der Waals surface area (Å²) in [6.07, 6.45) is 7.71. The first-order valence-corrected chi connectivity index (χ1v) is 13.0. The first-order chi connectivity index (χ1) is 18.4. The Hall–Kier alpha value is -3.27. The summed E-state index contributed by atoms with van der Waals surface area (Å²) in [6, 6.07) is 8.19. The van der Waals surface area contributed by atoms with E-state index >= 15 is 8.78 Å². The highest BCUT2D eigenvalue weighted by atomic mass is 19.1. The van der Waals surface area contributed by atoms with Gasteiger partial charge < -0.3 is 15.2 Å². The Balaban J connectivity index is 1.32. The van der Waals surface area contributed by atoms with E-state index in [1.54, 1.807) is 30.0 Å². The Morgan fingerprint density at radius 1 is 1.08 bits per heavy atom. The maximum Gasteiger partial charge on any atom is 0.135 e. The molecule has 2 N–H and O–H groups in total. The monoisotopic (exact) mass is 519 g/mol. The van der Waals surface area contributed by atoms with Crippen LogP contribution in [0.4, 0.5) is 8.78 Å². The molecule has 2 fully saturated rings. The highest BCUT2D eigenvalue weighted by molar-refractivity contribution is 5.63. The van der Waals surface area contributed by atoms with Crippen LogP contribution in [0.25, 0.3) is 16.8 Å².